The van der Waals surface area contributed by atoms with Crippen LogP contribution in [0.4, 0.5) is 4.79 Å². The van der Waals surface area contributed by atoms with Crippen molar-refractivity contribution in [3.05, 3.63) is 77.9 Å². The Morgan fingerprint density at radius 3 is 2.29 bits per heavy atom. The van der Waals surface area contributed by atoms with Crippen LogP contribution in [-0.4, -0.2) is 110 Å². The largest absolute Gasteiger partial charge is 0.459 e. The van der Waals surface area contributed by atoms with Crippen molar-refractivity contribution in [1.29, 1.82) is 0 Å². The van der Waals surface area contributed by atoms with Crippen molar-refractivity contribution in [1.82, 2.24) is 4.90 Å². The summed E-state index contributed by atoms with van der Waals surface area (Å²) in [6, 6.07) is 12.0. The van der Waals surface area contributed by atoms with E-state index in [1.807, 2.05) is 18.2 Å². The van der Waals surface area contributed by atoms with Crippen molar-refractivity contribution in [2.24, 2.45) is 22.9 Å². The van der Waals surface area contributed by atoms with Gasteiger partial charge in [0.1, 0.15) is 36.7 Å². The van der Waals surface area contributed by atoms with Gasteiger partial charge in [0.05, 0.1) is 44.7 Å². The van der Waals surface area contributed by atoms with Gasteiger partial charge >= 0.3 is 6.09 Å². The predicted molar refractivity (Wildman–Crippen MR) is 252 cm³/mol. The number of ether oxygens (including phenoxy) is 5. The standard InChI is InChI=1S/C52H76N2O11/c1-4-6-7-8-9-10-11-12-13-18-31-62-51(59)54(26-32-61-33-29-57)48-37-46(53-60-3)44-35-40(21-14-16-27-55)43(23-15-17-28-56)49-45-36-42(64-41-22-19-20-39(34-41)38-58)24-25-47(45)65-52(48,50(44)49)63-30-5-2/h5,19-20,22,24-25,34-36,38,40,43,48-50,55-57H,2,4,6-18,21,23,26-33,37H2,1,3H3. The lowest BCUT2D eigenvalue weighted by atomic mass is 9.55. The highest BCUT2D eigenvalue weighted by atomic mass is 16.7. The van der Waals surface area contributed by atoms with E-state index >= 15 is 0 Å². The first-order chi connectivity index (χ1) is 31.9. The molecule has 2 aromatic carbocycles. The molecule has 0 aromatic heterocycles. The molecule has 6 atom stereocenters. The number of benzene rings is 2. The number of hydrogen-bond acceptors (Lipinski definition) is 12. The van der Waals surface area contributed by atoms with Gasteiger partial charge < -0.3 is 43.8 Å². The van der Waals surface area contributed by atoms with E-state index < -0.39 is 23.8 Å². The zero-order chi connectivity index (χ0) is 46.3. The third-order valence-corrected chi connectivity index (χ3v) is 13.1. The number of aliphatic hydroxyl groups excluding tert-OH is 3. The minimum Gasteiger partial charge on any atom is -0.459 e. The van der Waals surface area contributed by atoms with E-state index in [1.165, 1.54) is 52.1 Å². The fraction of sp³-hybridized carbons (Fsp3) is 0.635. The fourth-order valence-corrected chi connectivity index (χ4v) is 10.1. The number of carbonyl (C=O) groups excluding carboxylic acids is 2. The number of aldehydes is 1. The molecule has 0 saturated heterocycles. The van der Waals surface area contributed by atoms with Crippen molar-refractivity contribution in [3.8, 4) is 17.2 Å². The van der Waals surface area contributed by atoms with E-state index in [0.717, 1.165) is 62.4 Å². The predicted octanol–water partition coefficient (Wildman–Crippen LogP) is 9.92. The van der Waals surface area contributed by atoms with E-state index in [2.05, 4.69) is 24.7 Å². The molecule has 65 heavy (non-hydrogen) atoms. The molecule has 360 valence electrons. The molecular formula is C52H76N2O11. The summed E-state index contributed by atoms with van der Waals surface area (Å²) in [5, 5.41) is 34.1. The van der Waals surface area contributed by atoms with Crippen LogP contribution in [0.15, 0.2) is 71.9 Å². The van der Waals surface area contributed by atoms with Crippen LogP contribution in [0, 0.1) is 17.8 Å². The van der Waals surface area contributed by atoms with Crippen LogP contribution in [0.25, 0.3) is 0 Å². The van der Waals surface area contributed by atoms with Crippen molar-refractivity contribution >= 4 is 18.1 Å². The zero-order valence-electron chi connectivity index (χ0n) is 39.0. The first-order valence-corrected chi connectivity index (χ1v) is 24.4. The third-order valence-electron chi connectivity index (χ3n) is 13.1. The lowest BCUT2D eigenvalue weighted by molar-refractivity contribution is -0.256. The average Bonchev–Trinajstić information content (AvgIpc) is 3.32. The van der Waals surface area contributed by atoms with Gasteiger partial charge in [0.2, 0.25) is 5.79 Å². The summed E-state index contributed by atoms with van der Waals surface area (Å²) < 4.78 is 32.7. The smallest absolute Gasteiger partial charge is 0.410 e. The molecule has 13 heteroatoms. The number of fused-ring (bicyclic) bond motifs is 2. The van der Waals surface area contributed by atoms with Crippen LogP contribution < -0.4 is 9.47 Å². The van der Waals surface area contributed by atoms with Crippen molar-refractivity contribution in [3.63, 3.8) is 0 Å². The molecule has 0 radical (unpaired) electrons. The van der Waals surface area contributed by atoms with Crippen molar-refractivity contribution < 1.29 is 53.4 Å². The second kappa shape index (κ2) is 28.0. The molecule has 0 spiro atoms. The number of carbonyl (C=O) groups is 2. The molecule has 3 aliphatic rings. The van der Waals surface area contributed by atoms with E-state index in [4.69, 9.17) is 28.5 Å². The maximum Gasteiger partial charge on any atom is 0.410 e. The third kappa shape index (κ3) is 14.1. The number of allylic oxidation sites excluding steroid dienone is 1. The van der Waals surface area contributed by atoms with Crippen LogP contribution >= 0.6 is 0 Å². The zero-order valence-corrected chi connectivity index (χ0v) is 39.0. The quantitative estimate of drug-likeness (QED) is 0.0277. The molecule has 0 bridgehead atoms. The minimum atomic E-state index is -1.47. The summed E-state index contributed by atoms with van der Waals surface area (Å²) >= 11 is 0. The molecule has 2 aliphatic carbocycles. The van der Waals surface area contributed by atoms with Crippen LogP contribution in [0.2, 0.25) is 0 Å². The lowest BCUT2D eigenvalue weighted by Gasteiger charge is -2.59. The number of rotatable bonds is 32. The van der Waals surface area contributed by atoms with Gasteiger partial charge in [-0.05, 0) is 79.8 Å². The molecule has 5 rings (SSSR count). The minimum absolute atomic E-state index is 0.0177. The van der Waals surface area contributed by atoms with Gasteiger partial charge in [-0.2, -0.15) is 0 Å². The van der Waals surface area contributed by atoms with Crippen molar-refractivity contribution in [2.45, 2.75) is 134 Å². The SMILES string of the molecule is C=CCOC12Oc3ccc(Oc4cccc(C=O)c4)cc3C3C(CCCCO)C(CCCCO)C=C(C(=NOC)CC1N(CCOCCO)C(=O)OCCCCCCCCCCCC)C32. The molecule has 2 aromatic rings. The van der Waals surface area contributed by atoms with Gasteiger partial charge in [0.25, 0.3) is 0 Å². The highest BCUT2D eigenvalue weighted by Crippen LogP contribution is 2.62. The summed E-state index contributed by atoms with van der Waals surface area (Å²) in [5.74, 6) is -0.504. The van der Waals surface area contributed by atoms with E-state index in [-0.39, 0.29) is 77.0 Å². The molecule has 1 heterocycles. The second-order valence-electron chi connectivity index (χ2n) is 17.6. The Labute approximate surface area is 387 Å². The number of aliphatic hydroxyl groups is 3. The van der Waals surface area contributed by atoms with E-state index in [1.54, 1.807) is 35.2 Å². The Morgan fingerprint density at radius 2 is 1.60 bits per heavy atom. The summed E-state index contributed by atoms with van der Waals surface area (Å²) in [6.45, 7) is 7.01. The van der Waals surface area contributed by atoms with E-state index in [0.29, 0.717) is 41.4 Å². The van der Waals surface area contributed by atoms with Crippen LogP contribution in [0.3, 0.4) is 0 Å². The van der Waals surface area contributed by atoms with Gasteiger partial charge in [-0.3, -0.25) is 9.69 Å². The topological polar surface area (TPSA) is 166 Å². The molecule has 1 amide bonds. The van der Waals surface area contributed by atoms with Gasteiger partial charge in [-0.25, -0.2) is 4.79 Å². The van der Waals surface area contributed by atoms with Gasteiger partial charge in [-0.1, -0.05) is 107 Å². The molecule has 1 saturated carbocycles. The van der Waals surface area contributed by atoms with E-state index in [9.17, 15) is 24.9 Å². The Bertz CT molecular complexity index is 1820. The van der Waals surface area contributed by atoms with Gasteiger partial charge in [-0.15, -0.1) is 6.58 Å². The first kappa shape index (κ1) is 51.7. The van der Waals surface area contributed by atoms with Crippen LogP contribution in [-0.2, 0) is 19.0 Å². The molecule has 1 fully saturated rings. The second-order valence-corrected chi connectivity index (χ2v) is 17.6. The Morgan fingerprint density at radius 1 is 0.877 bits per heavy atom. The summed E-state index contributed by atoms with van der Waals surface area (Å²) in [4.78, 5) is 33.5. The average molecular weight is 905 g/mol. The Balaban J connectivity index is 1.58. The normalized spacial score (nSPS) is 22.6. The lowest BCUT2D eigenvalue weighted by Crippen LogP contribution is -2.70. The van der Waals surface area contributed by atoms with Gasteiger partial charge in [0.15, 0.2) is 0 Å². The van der Waals surface area contributed by atoms with Gasteiger partial charge in [0, 0.05) is 43.2 Å². The molecular weight excluding hydrogens is 829 g/mol. The van der Waals surface area contributed by atoms with Crippen LogP contribution in [0.5, 0.6) is 17.2 Å². The van der Waals surface area contributed by atoms with Crippen LogP contribution in [0.1, 0.15) is 138 Å². The highest BCUT2D eigenvalue weighted by molar-refractivity contribution is 6.03. The maximum atomic E-state index is 14.6. The number of unbranched alkanes of at least 4 members (excludes halogenated alkanes) is 11. The monoisotopic (exact) mass is 905 g/mol. The summed E-state index contributed by atoms with van der Waals surface area (Å²) in [6.07, 6.45) is 20.5. The first-order valence-electron chi connectivity index (χ1n) is 24.4. The maximum absolute atomic E-state index is 14.6. The molecule has 6 unspecified atom stereocenters. The number of oxime groups is 1. The number of amides is 1. The Hall–Kier alpha value is -4.27. The highest BCUT2D eigenvalue weighted by Gasteiger charge is 2.65. The fourth-order valence-electron chi connectivity index (χ4n) is 10.1. The molecule has 1 aliphatic heterocycles. The molecule has 3 N–H and O–H groups in total. The summed E-state index contributed by atoms with van der Waals surface area (Å²) in [7, 11) is 1.52. The number of hydrogen-bond donors (Lipinski definition) is 3. The molecule has 13 nitrogen and oxygen atoms in total. The number of nitrogens with zero attached hydrogens (tertiary/aromatic N) is 2. The van der Waals surface area contributed by atoms with Crippen molar-refractivity contribution in [2.75, 3.05) is 59.9 Å². The Kier molecular flexibility index (Phi) is 22.3. The summed E-state index contributed by atoms with van der Waals surface area (Å²) in [5.41, 5.74) is 2.98.